The molecule has 6 heteroatoms. The van der Waals surface area contributed by atoms with E-state index in [1.807, 2.05) is 0 Å². The minimum absolute atomic E-state index is 0.556. The van der Waals surface area contributed by atoms with Crippen LogP contribution in [0.15, 0.2) is 11.2 Å². The Morgan fingerprint density at radius 3 is 3.11 bits per heavy atom. The molecule has 0 aromatic heterocycles. The Balaban J connectivity index is 2.35. The van der Waals surface area contributed by atoms with E-state index >= 15 is 0 Å². The average molecular weight is 146 g/mol. The molecule has 1 heterocycles. The van der Waals surface area contributed by atoms with Crippen LogP contribution in [0.5, 0.6) is 0 Å². The van der Waals surface area contributed by atoms with Crippen molar-refractivity contribution in [3.05, 3.63) is 11.2 Å². The van der Waals surface area contributed by atoms with E-state index < -0.39 is 6.03 Å². The van der Waals surface area contributed by atoms with E-state index in [-0.39, 0.29) is 0 Å². The molecular weight excluding hydrogens is 140 g/mol. The predicted molar refractivity (Wildman–Crippen MR) is 34.7 cm³/mol. The fourth-order valence-electron chi connectivity index (χ4n) is 0.392. The van der Waals surface area contributed by atoms with Gasteiger partial charge >= 0.3 is 6.03 Å². The quantitative estimate of drug-likeness (QED) is 0.365. The van der Waals surface area contributed by atoms with Crippen LogP contribution in [0.3, 0.4) is 0 Å². The number of hydrogen-bond acceptors (Lipinski definition) is 4. The molecule has 2 amide bonds. The minimum atomic E-state index is -0.556. The van der Waals surface area contributed by atoms with E-state index in [2.05, 4.69) is 15.6 Å². The van der Waals surface area contributed by atoms with Crippen molar-refractivity contribution in [3.63, 3.8) is 0 Å². The molecule has 0 saturated carbocycles. The van der Waals surface area contributed by atoms with Crippen LogP contribution in [0, 0.1) is 0 Å². The second-order valence-electron chi connectivity index (χ2n) is 1.35. The third kappa shape index (κ3) is 1.82. The highest BCUT2D eigenvalue weighted by Gasteiger charge is 2.04. The molecule has 0 radical (unpaired) electrons. The van der Waals surface area contributed by atoms with Crippen molar-refractivity contribution in [2.24, 2.45) is 5.73 Å². The lowest BCUT2D eigenvalue weighted by molar-refractivity contribution is 0.252. The number of amides is 2. The van der Waals surface area contributed by atoms with Crippen molar-refractivity contribution in [1.82, 2.24) is 15.6 Å². The third-order valence-electron chi connectivity index (χ3n) is 0.670. The maximum absolute atomic E-state index is 10.2. The van der Waals surface area contributed by atoms with Gasteiger partial charge in [0, 0.05) is 6.20 Å². The van der Waals surface area contributed by atoms with Crippen LogP contribution in [0.1, 0.15) is 0 Å². The van der Waals surface area contributed by atoms with Gasteiger partial charge in [-0.05, 0) is 11.9 Å². The van der Waals surface area contributed by atoms with E-state index in [1.165, 1.54) is 11.9 Å². The number of nitrogens with one attached hydrogen (secondary N) is 3. The second kappa shape index (κ2) is 2.60. The molecule has 5 N–H and O–H groups in total. The van der Waals surface area contributed by atoms with Gasteiger partial charge in [0.15, 0.2) is 0 Å². The number of carbonyl (C=O) groups is 1. The van der Waals surface area contributed by atoms with Crippen LogP contribution in [0.25, 0.3) is 0 Å². The molecule has 0 spiro atoms. The van der Waals surface area contributed by atoms with Gasteiger partial charge in [0.05, 0.1) is 0 Å². The summed E-state index contributed by atoms with van der Waals surface area (Å²) < 4.78 is 0. The summed E-state index contributed by atoms with van der Waals surface area (Å²) in [5.74, 6) is 0. The molecule has 0 fully saturated rings. The van der Waals surface area contributed by atoms with Gasteiger partial charge in [0.25, 0.3) is 0 Å². The molecule has 0 aromatic rings. The number of carbonyl (C=O) groups excluding carboxylic acids is 1. The fraction of sp³-hybridized carbons (Fsp3) is 0. The smallest absolute Gasteiger partial charge is 0.317 e. The average Bonchev–Trinajstić information content (AvgIpc) is 2.15. The van der Waals surface area contributed by atoms with Crippen molar-refractivity contribution >= 4 is 18.0 Å². The summed E-state index contributed by atoms with van der Waals surface area (Å²) in [6.45, 7) is 0. The number of rotatable bonds is 1. The molecule has 0 aromatic carbocycles. The van der Waals surface area contributed by atoms with Crippen molar-refractivity contribution in [2.45, 2.75) is 0 Å². The van der Waals surface area contributed by atoms with Gasteiger partial charge in [-0.3, -0.25) is 0 Å². The first kappa shape index (κ1) is 6.24. The number of hydrogen-bond donors (Lipinski definition) is 4. The zero-order chi connectivity index (χ0) is 6.69. The zero-order valence-electron chi connectivity index (χ0n) is 4.47. The summed E-state index contributed by atoms with van der Waals surface area (Å²) in [5, 5.41) is 3.05. The van der Waals surface area contributed by atoms with E-state index in [4.69, 9.17) is 5.73 Å². The van der Waals surface area contributed by atoms with Crippen LogP contribution in [-0.4, -0.2) is 6.03 Å². The Morgan fingerprint density at radius 1 is 1.89 bits per heavy atom. The van der Waals surface area contributed by atoms with Crippen molar-refractivity contribution in [2.75, 3.05) is 0 Å². The second-order valence-corrected chi connectivity index (χ2v) is 2.19. The van der Waals surface area contributed by atoms with Gasteiger partial charge in [-0.1, -0.05) is 0 Å². The van der Waals surface area contributed by atoms with Crippen LogP contribution in [0.4, 0.5) is 4.79 Å². The summed E-state index contributed by atoms with van der Waals surface area (Å²) >= 11 is 1.26. The predicted octanol–water partition coefficient (Wildman–Crippen LogP) is -0.790. The Morgan fingerprint density at radius 2 is 2.67 bits per heavy atom. The highest BCUT2D eigenvalue weighted by Crippen LogP contribution is 2.08. The highest BCUT2D eigenvalue weighted by atomic mass is 32.2. The largest absolute Gasteiger partial charge is 0.351 e. The van der Waals surface area contributed by atoms with Gasteiger partial charge in [-0.15, -0.1) is 0 Å². The number of urea groups is 1. The summed E-state index contributed by atoms with van der Waals surface area (Å²) in [6, 6.07) is -0.556. The maximum atomic E-state index is 10.2. The Labute approximate surface area is 56.2 Å². The highest BCUT2D eigenvalue weighted by molar-refractivity contribution is 8.01. The molecule has 0 aliphatic carbocycles. The molecule has 0 atom stereocenters. The van der Waals surface area contributed by atoms with Crippen LogP contribution in [-0.2, 0) is 0 Å². The Hall–Kier alpha value is -0.880. The van der Waals surface area contributed by atoms with Crippen LogP contribution >= 0.6 is 11.9 Å². The zero-order valence-corrected chi connectivity index (χ0v) is 5.29. The molecule has 0 unspecified atom stereocenters. The van der Waals surface area contributed by atoms with Gasteiger partial charge < -0.3 is 16.5 Å². The van der Waals surface area contributed by atoms with E-state index in [0.29, 0.717) is 5.03 Å². The number of primary amides is 1. The first-order chi connectivity index (χ1) is 4.29. The molecule has 0 bridgehead atoms. The SMILES string of the molecule is NC(=O)NC1=CNNS1. The minimum Gasteiger partial charge on any atom is -0.351 e. The van der Waals surface area contributed by atoms with Crippen molar-refractivity contribution < 1.29 is 4.79 Å². The van der Waals surface area contributed by atoms with Crippen LogP contribution in [0.2, 0.25) is 0 Å². The molecule has 1 aliphatic rings. The lowest BCUT2D eigenvalue weighted by atomic mass is 10.8. The molecule has 9 heavy (non-hydrogen) atoms. The lowest BCUT2D eigenvalue weighted by Crippen LogP contribution is -2.27. The Bertz CT molecular complexity index is 156. The molecular formula is C3H6N4OS. The summed E-state index contributed by atoms with van der Waals surface area (Å²) in [5.41, 5.74) is 7.47. The van der Waals surface area contributed by atoms with E-state index in [9.17, 15) is 4.79 Å². The maximum Gasteiger partial charge on any atom is 0.317 e. The van der Waals surface area contributed by atoms with Gasteiger partial charge in [0.2, 0.25) is 0 Å². The third-order valence-corrected chi connectivity index (χ3v) is 1.33. The molecule has 1 aliphatic heterocycles. The monoisotopic (exact) mass is 146 g/mol. The topological polar surface area (TPSA) is 79.2 Å². The van der Waals surface area contributed by atoms with E-state index in [0.717, 1.165) is 0 Å². The molecule has 50 valence electrons. The Kier molecular flexibility index (Phi) is 1.81. The number of hydrazine groups is 1. The first-order valence-corrected chi connectivity index (χ1v) is 3.04. The first-order valence-electron chi connectivity index (χ1n) is 2.23. The molecule has 0 saturated heterocycles. The molecule has 1 rings (SSSR count). The summed E-state index contributed by atoms with van der Waals surface area (Å²) in [4.78, 5) is 12.8. The number of nitrogens with two attached hydrogens (primary N) is 1. The van der Waals surface area contributed by atoms with Gasteiger partial charge in [-0.2, -0.15) is 4.83 Å². The normalized spacial score (nSPS) is 16.2. The lowest BCUT2D eigenvalue weighted by Gasteiger charge is -1.95. The molecule has 5 nitrogen and oxygen atoms in total. The summed E-state index contributed by atoms with van der Waals surface area (Å²) in [7, 11) is 0. The van der Waals surface area contributed by atoms with Gasteiger partial charge in [0.1, 0.15) is 5.03 Å². The van der Waals surface area contributed by atoms with E-state index in [1.54, 1.807) is 6.20 Å². The standard InChI is InChI=1S/C3H6N4OS/c4-3(8)6-2-1-5-7-9-2/h1,5,7H,(H3,4,6,8). The van der Waals surface area contributed by atoms with Crippen molar-refractivity contribution in [3.8, 4) is 0 Å². The van der Waals surface area contributed by atoms with Gasteiger partial charge in [-0.25, -0.2) is 4.79 Å². The van der Waals surface area contributed by atoms with Crippen LogP contribution < -0.4 is 21.3 Å². The fourth-order valence-corrected chi connectivity index (χ4v) is 0.889. The van der Waals surface area contributed by atoms with Crippen molar-refractivity contribution in [1.29, 1.82) is 0 Å². The summed E-state index contributed by atoms with van der Waals surface area (Å²) in [6.07, 6.45) is 1.61.